The summed E-state index contributed by atoms with van der Waals surface area (Å²) < 4.78 is 0. The molecule has 0 N–H and O–H groups in total. The van der Waals surface area contributed by atoms with E-state index in [-0.39, 0.29) is 0 Å². The zero-order valence-corrected chi connectivity index (χ0v) is 11.8. The quantitative estimate of drug-likeness (QED) is 0.601. The average Bonchev–Trinajstić information content (AvgIpc) is 3.10. The van der Waals surface area contributed by atoms with Gasteiger partial charge in [0.05, 0.1) is 0 Å². The highest BCUT2D eigenvalue weighted by Crippen LogP contribution is 3.21. The molecule has 0 aromatic rings. The zero-order chi connectivity index (χ0) is 11.8. The maximum atomic E-state index is 1.73. The summed E-state index contributed by atoms with van der Waals surface area (Å²) in [6.07, 6.45) is 18.6. The Morgan fingerprint density at radius 2 is 0.632 bits per heavy atom. The normalized spacial score (nSPS) is 84.6. The minimum absolute atomic E-state index is 0.987. The lowest BCUT2D eigenvalue weighted by Crippen LogP contribution is -1.95. The molecule has 98 valence electrons. The molecule has 0 aromatic carbocycles. The first-order valence-electron chi connectivity index (χ1n) is 9.11. The summed E-state index contributed by atoms with van der Waals surface area (Å²) in [7, 11) is 0. The smallest absolute Gasteiger partial charge is 0.0161 e. The van der Waals surface area contributed by atoms with Crippen LogP contribution in [0.2, 0.25) is 0 Å². The third-order valence-electron chi connectivity index (χ3n) is 11.7. The number of fused-ring (bicyclic) bond motifs is 7. The molecule has 0 amide bonds. The van der Waals surface area contributed by atoms with Gasteiger partial charge < -0.3 is 0 Å². The van der Waals surface area contributed by atoms with E-state index in [2.05, 4.69) is 0 Å². The van der Waals surface area contributed by atoms with Crippen LogP contribution in [0.15, 0.2) is 0 Å². The maximum absolute atomic E-state index is 1.73. The molecule has 19 heavy (non-hydrogen) atoms. The van der Waals surface area contributed by atoms with Crippen LogP contribution in [-0.2, 0) is 0 Å². The molecule has 0 bridgehead atoms. The molecule has 0 aliphatic heterocycles. The van der Waals surface area contributed by atoms with Crippen molar-refractivity contribution in [1.29, 1.82) is 0 Å². The third-order valence-corrected chi connectivity index (χ3v) is 11.7. The first-order valence-corrected chi connectivity index (χ1v) is 9.11. The Balaban J connectivity index is 1.14. The van der Waals surface area contributed by atoms with Gasteiger partial charge in [0.1, 0.15) is 0 Å². The van der Waals surface area contributed by atoms with Gasteiger partial charge >= 0.3 is 0 Å². The molecule has 0 heterocycles. The standard InChI is InChI=1S/C19H22/c1-2-12(1)5-14(12)7-16(14)9-18(16)11-19(18)10-17(19)8-15(17)6-13(15)3-4-13/h1-11H2/t14-,15-,16-,17-,18+,19+/m1/s1. The van der Waals surface area contributed by atoms with E-state index < -0.39 is 0 Å². The molecule has 0 heteroatoms. The molecular weight excluding hydrogens is 228 g/mol. The number of rotatable bonds is 0. The molecule has 8 spiro atoms. The van der Waals surface area contributed by atoms with Crippen LogP contribution in [0.1, 0.15) is 70.6 Å². The Bertz CT molecular complexity index is 624. The van der Waals surface area contributed by atoms with Gasteiger partial charge in [0.25, 0.3) is 0 Å². The Labute approximate surface area is 114 Å². The van der Waals surface area contributed by atoms with Gasteiger partial charge in [-0.3, -0.25) is 0 Å². The minimum atomic E-state index is 0.987. The molecule has 9 aliphatic rings. The van der Waals surface area contributed by atoms with Crippen molar-refractivity contribution >= 4 is 0 Å². The zero-order valence-electron chi connectivity index (χ0n) is 11.8. The van der Waals surface area contributed by atoms with Crippen molar-refractivity contribution < 1.29 is 0 Å². The summed E-state index contributed by atoms with van der Waals surface area (Å²) in [5.41, 5.74) is 7.95. The lowest BCUT2D eigenvalue weighted by molar-refractivity contribution is 0.484. The highest BCUT2D eigenvalue weighted by molar-refractivity contribution is 5.62. The van der Waals surface area contributed by atoms with Crippen molar-refractivity contribution in [2.75, 3.05) is 0 Å². The largest absolute Gasteiger partial charge is 0.0465 e. The van der Waals surface area contributed by atoms with Crippen LogP contribution >= 0.6 is 0 Å². The Morgan fingerprint density at radius 1 is 0.316 bits per heavy atom. The summed E-state index contributed by atoms with van der Waals surface area (Å²) in [4.78, 5) is 0. The van der Waals surface area contributed by atoms with Crippen molar-refractivity contribution in [2.24, 2.45) is 43.3 Å². The van der Waals surface area contributed by atoms with E-state index in [1.807, 2.05) is 0 Å². The van der Waals surface area contributed by atoms with E-state index >= 15 is 0 Å². The molecule has 0 radical (unpaired) electrons. The summed E-state index contributed by atoms with van der Waals surface area (Å²) in [5.74, 6) is 0. The van der Waals surface area contributed by atoms with E-state index in [9.17, 15) is 0 Å². The van der Waals surface area contributed by atoms with Crippen LogP contribution in [-0.4, -0.2) is 0 Å². The minimum Gasteiger partial charge on any atom is -0.0465 e. The van der Waals surface area contributed by atoms with Crippen molar-refractivity contribution in [3.05, 3.63) is 0 Å². The molecule has 0 saturated heterocycles. The van der Waals surface area contributed by atoms with Crippen molar-refractivity contribution in [3.8, 4) is 0 Å². The van der Waals surface area contributed by atoms with Crippen LogP contribution in [0.25, 0.3) is 0 Å². The fraction of sp³-hybridized carbons (Fsp3) is 1.00. The van der Waals surface area contributed by atoms with E-state index in [1.165, 1.54) is 0 Å². The molecule has 9 rings (SSSR count). The molecule has 0 unspecified atom stereocenters. The second kappa shape index (κ2) is 1.49. The van der Waals surface area contributed by atoms with Gasteiger partial charge in [-0.05, 0) is 114 Å². The van der Waals surface area contributed by atoms with Crippen LogP contribution in [0.4, 0.5) is 0 Å². The third kappa shape index (κ3) is 0.452. The molecule has 9 fully saturated rings. The van der Waals surface area contributed by atoms with E-state index in [4.69, 9.17) is 0 Å². The Hall–Kier alpha value is 0. The van der Waals surface area contributed by atoms with Gasteiger partial charge in [0.15, 0.2) is 0 Å². The van der Waals surface area contributed by atoms with Crippen LogP contribution < -0.4 is 0 Å². The number of hydrogen-bond acceptors (Lipinski definition) is 0. The van der Waals surface area contributed by atoms with Gasteiger partial charge in [-0.25, -0.2) is 0 Å². The SMILES string of the molecule is C1CC12C[C@@]21C[C@@]12C[C@]21C[C@]12C[C@@]21C[C@@]12CC21CC1. The Kier molecular flexibility index (Phi) is 0.664. The predicted molar refractivity (Wildman–Crippen MR) is 70.3 cm³/mol. The molecule has 0 aromatic heterocycles. The molecule has 6 atom stereocenters. The summed E-state index contributed by atoms with van der Waals surface area (Å²) >= 11 is 0. The van der Waals surface area contributed by atoms with E-state index in [0.717, 1.165) is 43.3 Å². The molecule has 9 saturated carbocycles. The summed E-state index contributed by atoms with van der Waals surface area (Å²) in [6, 6.07) is 0. The predicted octanol–water partition coefficient (Wildman–Crippen LogP) is 4.29. The van der Waals surface area contributed by atoms with Crippen LogP contribution in [0.3, 0.4) is 0 Å². The van der Waals surface area contributed by atoms with E-state index in [0.29, 0.717) is 0 Å². The van der Waals surface area contributed by atoms with Crippen molar-refractivity contribution in [1.82, 2.24) is 0 Å². The van der Waals surface area contributed by atoms with E-state index in [1.54, 1.807) is 70.6 Å². The van der Waals surface area contributed by atoms with Gasteiger partial charge in [-0.15, -0.1) is 0 Å². The first-order chi connectivity index (χ1) is 9.11. The summed E-state index contributed by atoms with van der Waals surface area (Å²) in [6.45, 7) is 0. The lowest BCUT2D eigenvalue weighted by atomic mass is 10.1. The topological polar surface area (TPSA) is 0 Å². The molecule has 0 nitrogen and oxygen atoms in total. The van der Waals surface area contributed by atoms with Crippen LogP contribution in [0.5, 0.6) is 0 Å². The highest BCUT2D eigenvalue weighted by atomic mass is 15.2. The van der Waals surface area contributed by atoms with Gasteiger partial charge in [-0.2, -0.15) is 0 Å². The average molecular weight is 250 g/mol. The lowest BCUT2D eigenvalue weighted by Gasteiger charge is -1.97. The van der Waals surface area contributed by atoms with Crippen molar-refractivity contribution in [3.63, 3.8) is 0 Å². The maximum Gasteiger partial charge on any atom is -0.0161 e. The molecular formula is C19H22. The van der Waals surface area contributed by atoms with Gasteiger partial charge in [0, 0.05) is 0 Å². The van der Waals surface area contributed by atoms with Gasteiger partial charge in [-0.1, -0.05) is 0 Å². The van der Waals surface area contributed by atoms with Gasteiger partial charge in [0.2, 0.25) is 0 Å². The monoisotopic (exact) mass is 250 g/mol. The number of hydrogen-bond donors (Lipinski definition) is 0. The second-order valence-corrected chi connectivity index (χ2v) is 11.3. The fourth-order valence-corrected chi connectivity index (χ4v) is 10.3. The highest BCUT2D eigenvalue weighted by Gasteiger charge is 3.14. The first kappa shape index (κ1) is 8.44. The van der Waals surface area contributed by atoms with Crippen LogP contribution in [0, 0.1) is 43.3 Å². The molecule has 9 aliphatic carbocycles. The second-order valence-electron chi connectivity index (χ2n) is 11.3. The summed E-state index contributed by atoms with van der Waals surface area (Å²) in [5, 5.41) is 0. The van der Waals surface area contributed by atoms with Crippen molar-refractivity contribution in [2.45, 2.75) is 70.6 Å². The fourth-order valence-electron chi connectivity index (χ4n) is 10.3. The Morgan fingerprint density at radius 3 is 0.947 bits per heavy atom.